The normalized spacial score (nSPS) is 18.4. The Morgan fingerprint density at radius 1 is 1.50 bits per heavy atom. The lowest BCUT2D eigenvalue weighted by atomic mass is 10.0. The fourth-order valence-corrected chi connectivity index (χ4v) is 2.42. The van der Waals surface area contributed by atoms with Crippen molar-refractivity contribution in [3.05, 3.63) is 46.1 Å². The first-order valence-corrected chi connectivity index (χ1v) is 5.33. The van der Waals surface area contributed by atoms with E-state index in [0.29, 0.717) is 10.5 Å². The minimum Gasteiger partial charge on any atom is -0.288 e. The van der Waals surface area contributed by atoms with Gasteiger partial charge < -0.3 is 0 Å². The molecule has 0 spiro atoms. The molecule has 0 saturated carbocycles. The lowest BCUT2D eigenvalue weighted by Gasteiger charge is -2.16. The van der Waals surface area contributed by atoms with E-state index < -0.39 is 0 Å². The summed E-state index contributed by atoms with van der Waals surface area (Å²) >= 11 is 1.51. The van der Waals surface area contributed by atoms with Crippen molar-refractivity contribution in [3.63, 3.8) is 0 Å². The van der Waals surface area contributed by atoms with Crippen molar-refractivity contribution in [2.75, 3.05) is 0 Å². The number of carbonyl (C=O) groups is 1. The first-order valence-electron chi connectivity index (χ1n) is 4.34. The van der Waals surface area contributed by atoms with E-state index >= 15 is 0 Å². The van der Waals surface area contributed by atoms with E-state index in [1.54, 1.807) is 12.1 Å². The highest BCUT2D eigenvalue weighted by Gasteiger charge is 2.21. The summed E-state index contributed by atoms with van der Waals surface area (Å²) in [6.45, 7) is 1.82. The van der Waals surface area contributed by atoms with Gasteiger partial charge in [0.1, 0.15) is 5.82 Å². The van der Waals surface area contributed by atoms with E-state index in [-0.39, 0.29) is 11.6 Å². The number of thioether (sulfide) groups is 1. The summed E-state index contributed by atoms with van der Waals surface area (Å²) in [5, 5.41) is 0. The van der Waals surface area contributed by atoms with Gasteiger partial charge in [-0.15, -0.1) is 11.8 Å². The average Bonchev–Trinajstić information content (AvgIpc) is 2.20. The van der Waals surface area contributed by atoms with Gasteiger partial charge in [-0.25, -0.2) is 4.39 Å². The van der Waals surface area contributed by atoms with Crippen LogP contribution in [0.4, 0.5) is 4.39 Å². The largest absolute Gasteiger partial charge is 0.288 e. The van der Waals surface area contributed by atoms with Crippen LogP contribution in [-0.4, -0.2) is 5.78 Å². The van der Waals surface area contributed by atoms with Gasteiger partial charge in [-0.1, -0.05) is 12.1 Å². The molecular weight excluding hydrogens is 199 g/mol. The van der Waals surface area contributed by atoms with E-state index in [2.05, 4.69) is 0 Å². The minimum absolute atomic E-state index is 0.0572. The molecule has 1 aliphatic rings. The lowest BCUT2D eigenvalue weighted by Crippen LogP contribution is -2.10. The van der Waals surface area contributed by atoms with Crippen LogP contribution in [-0.2, 0) is 5.75 Å². The smallest absolute Gasteiger partial charge is 0.199 e. The predicted octanol–water partition coefficient (Wildman–Crippen LogP) is 3.16. The Balaban J connectivity index is 2.54. The second-order valence-corrected chi connectivity index (χ2v) is 4.09. The predicted molar refractivity (Wildman–Crippen MR) is 55.8 cm³/mol. The van der Waals surface area contributed by atoms with Crippen LogP contribution < -0.4 is 0 Å². The first kappa shape index (κ1) is 9.46. The molecule has 0 saturated heterocycles. The van der Waals surface area contributed by atoms with Crippen LogP contribution in [0.2, 0.25) is 0 Å². The number of carbonyl (C=O) groups excluding carboxylic acids is 1. The van der Waals surface area contributed by atoms with Gasteiger partial charge in [-0.05, 0) is 24.6 Å². The number of hydrogen-bond donors (Lipinski definition) is 0. The zero-order valence-corrected chi connectivity index (χ0v) is 8.53. The lowest BCUT2D eigenvalue weighted by molar-refractivity contribution is 0.104. The van der Waals surface area contributed by atoms with Crippen LogP contribution in [0.3, 0.4) is 0 Å². The molecule has 3 heteroatoms. The van der Waals surface area contributed by atoms with Gasteiger partial charge >= 0.3 is 0 Å². The maximum absolute atomic E-state index is 12.9. The Kier molecular flexibility index (Phi) is 2.42. The number of fused-ring (bicyclic) bond motifs is 1. The number of Topliss-reactive ketones (excluding diaryl/α,β-unsaturated/α-hetero) is 1. The van der Waals surface area contributed by atoms with Crippen molar-refractivity contribution < 1.29 is 9.18 Å². The highest BCUT2D eigenvalue weighted by atomic mass is 32.2. The van der Waals surface area contributed by atoms with Gasteiger partial charge in [0.05, 0.1) is 4.91 Å². The molecule has 0 fully saturated rings. The second kappa shape index (κ2) is 3.58. The molecule has 0 radical (unpaired) electrons. The summed E-state index contributed by atoms with van der Waals surface area (Å²) in [7, 11) is 0. The Morgan fingerprint density at radius 3 is 3.00 bits per heavy atom. The van der Waals surface area contributed by atoms with E-state index in [4.69, 9.17) is 0 Å². The van der Waals surface area contributed by atoms with Gasteiger partial charge in [0.15, 0.2) is 5.78 Å². The standard InChI is InChI=1S/C11H9FOS/c1-2-10-11(13)9-5-8(12)4-3-7(9)6-14-10/h2-5H,6H2,1H3/b10-2-. The van der Waals surface area contributed by atoms with Crippen LogP contribution >= 0.6 is 11.8 Å². The summed E-state index contributed by atoms with van der Waals surface area (Å²) in [6, 6.07) is 4.40. The molecule has 0 bridgehead atoms. The molecule has 1 aliphatic heterocycles. The number of benzene rings is 1. The highest BCUT2D eigenvalue weighted by molar-refractivity contribution is 8.03. The van der Waals surface area contributed by atoms with Crippen molar-refractivity contribution in [2.24, 2.45) is 0 Å². The van der Waals surface area contributed by atoms with Gasteiger partial charge in [-0.2, -0.15) is 0 Å². The van der Waals surface area contributed by atoms with Crippen molar-refractivity contribution >= 4 is 17.5 Å². The van der Waals surface area contributed by atoms with Crippen molar-refractivity contribution in [3.8, 4) is 0 Å². The van der Waals surface area contributed by atoms with E-state index in [1.165, 1.54) is 23.9 Å². The summed E-state index contributed by atoms with van der Waals surface area (Å²) < 4.78 is 12.9. The van der Waals surface area contributed by atoms with Crippen molar-refractivity contribution in [2.45, 2.75) is 12.7 Å². The average molecular weight is 208 g/mol. The van der Waals surface area contributed by atoms with Gasteiger partial charge in [0.2, 0.25) is 0 Å². The molecule has 0 amide bonds. The van der Waals surface area contributed by atoms with E-state index in [9.17, 15) is 9.18 Å². The second-order valence-electron chi connectivity index (χ2n) is 3.07. The third kappa shape index (κ3) is 1.48. The van der Waals surface area contributed by atoms with Gasteiger partial charge in [-0.3, -0.25) is 4.79 Å². The molecular formula is C11H9FOS. The Hall–Kier alpha value is -1.09. The summed E-state index contributed by atoms with van der Waals surface area (Å²) in [4.78, 5) is 12.5. The zero-order chi connectivity index (χ0) is 10.1. The topological polar surface area (TPSA) is 17.1 Å². The third-order valence-electron chi connectivity index (χ3n) is 2.19. The quantitative estimate of drug-likeness (QED) is 0.609. The van der Waals surface area contributed by atoms with Crippen LogP contribution in [0.5, 0.6) is 0 Å². The van der Waals surface area contributed by atoms with E-state index in [1.807, 2.05) is 6.92 Å². The van der Waals surface area contributed by atoms with Crippen molar-refractivity contribution in [1.82, 2.24) is 0 Å². The molecule has 1 nitrogen and oxygen atoms in total. The van der Waals surface area contributed by atoms with Crippen molar-refractivity contribution in [1.29, 1.82) is 0 Å². The monoisotopic (exact) mass is 208 g/mol. The molecule has 2 rings (SSSR count). The Bertz CT molecular complexity index is 423. The minimum atomic E-state index is -0.348. The molecule has 72 valence electrons. The summed E-state index contributed by atoms with van der Waals surface area (Å²) in [6.07, 6.45) is 1.78. The summed E-state index contributed by atoms with van der Waals surface area (Å²) in [5.41, 5.74) is 1.43. The molecule has 1 aromatic carbocycles. The molecule has 14 heavy (non-hydrogen) atoms. The van der Waals surface area contributed by atoms with Gasteiger partial charge in [0.25, 0.3) is 0 Å². The molecule has 0 atom stereocenters. The number of halogens is 1. The van der Waals surface area contributed by atoms with Crippen LogP contribution in [0, 0.1) is 5.82 Å². The molecule has 1 aromatic rings. The zero-order valence-electron chi connectivity index (χ0n) is 7.71. The van der Waals surface area contributed by atoms with Gasteiger partial charge in [0, 0.05) is 11.3 Å². The molecule has 0 aliphatic carbocycles. The number of rotatable bonds is 0. The highest BCUT2D eigenvalue weighted by Crippen LogP contribution is 2.33. The van der Waals surface area contributed by atoms with Crippen LogP contribution in [0.15, 0.2) is 29.2 Å². The fraction of sp³-hybridized carbons (Fsp3) is 0.182. The Morgan fingerprint density at radius 2 is 2.29 bits per heavy atom. The summed E-state index contributed by atoms with van der Waals surface area (Å²) in [5.74, 6) is 0.346. The molecule has 0 aromatic heterocycles. The first-order chi connectivity index (χ1) is 6.72. The number of ketones is 1. The SMILES string of the molecule is C/C=C1\SCc2ccc(F)cc2C1=O. The Labute approximate surface area is 86.0 Å². The molecule has 0 unspecified atom stereocenters. The fourth-order valence-electron chi connectivity index (χ4n) is 1.45. The third-order valence-corrected chi connectivity index (χ3v) is 3.37. The maximum atomic E-state index is 12.9. The van der Waals surface area contributed by atoms with Crippen LogP contribution in [0.25, 0.3) is 0 Å². The molecule has 1 heterocycles. The van der Waals surface area contributed by atoms with E-state index in [0.717, 1.165) is 11.3 Å². The number of allylic oxidation sites excluding steroid dienone is 2. The van der Waals surface area contributed by atoms with Crippen LogP contribution in [0.1, 0.15) is 22.8 Å². The number of hydrogen-bond acceptors (Lipinski definition) is 2. The maximum Gasteiger partial charge on any atom is 0.199 e. The molecule has 0 N–H and O–H groups in total.